The summed E-state index contributed by atoms with van der Waals surface area (Å²) in [5.74, 6) is 0. The van der Waals surface area contributed by atoms with Gasteiger partial charge in [-0.05, 0) is 0 Å². The molecule has 1 rings (SSSR count). The predicted octanol–water partition coefficient (Wildman–Crippen LogP) is -4.80. The fraction of sp³-hybridized carbons (Fsp3) is 0. The molecular formula is C5H8BNNaO3. The van der Waals surface area contributed by atoms with Crippen LogP contribution in [0.3, 0.4) is 0 Å². The van der Waals surface area contributed by atoms with E-state index < -0.39 is 0 Å². The van der Waals surface area contributed by atoms with E-state index in [1.807, 2.05) is 30.6 Å². The number of aromatic amines is 1. The Balaban J connectivity index is -0.000000116. The van der Waals surface area contributed by atoms with Gasteiger partial charge in [0.1, 0.15) is 0 Å². The number of hydrogen-bond acceptors (Lipinski definition) is 3. The van der Waals surface area contributed by atoms with Crippen LogP contribution in [0.2, 0.25) is 0 Å². The maximum atomic E-state index is 8.36. The second-order valence-corrected chi connectivity index (χ2v) is 1.18. The van der Waals surface area contributed by atoms with E-state index in [9.17, 15) is 0 Å². The first kappa shape index (κ1) is 17.3. The van der Waals surface area contributed by atoms with E-state index in [2.05, 4.69) is 4.98 Å². The van der Waals surface area contributed by atoms with Crippen molar-refractivity contribution in [3.05, 3.63) is 30.6 Å². The molecule has 0 amide bonds. The maximum Gasteiger partial charge on any atom is 1.00 e. The fourth-order valence-electron chi connectivity index (χ4n) is 0.342. The van der Waals surface area contributed by atoms with Gasteiger partial charge in [-0.15, -0.1) is 0 Å². The molecule has 1 aromatic heterocycles. The molecule has 55 valence electrons. The van der Waals surface area contributed by atoms with E-state index in [1.165, 1.54) is 0 Å². The smallest absolute Gasteiger partial charge is 0.870 e. The first-order valence-corrected chi connectivity index (χ1v) is 2.40. The molecule has 0 atom stereocenters. The largest absolute Gasteiger partial charge is 1.00 e. The van der Waals surface area contributed by atoms with E-state index in [4.69, 9.17) is 10.0 Å². The fourth-order valence-corrected chi connectivity index (χ4v) is 0.342. The topological polar surface area (TPSA) is 87.4 Å². The summed E-state index contributed by atoms with van der Waals surface area (Å²) in [4.78, 5) is 2.89. The zero-order chi connectivity index (χ0) is 6.95. The van der Waals surface area contributed by atoms with Gasteiger partial charge in [-0.25, -0.2) is 4.98 Å². The minimum atomic E-state index is -0.250. The summed E-state index contributed by atoms with van der Waals surface area (Å²) in [5.41, 5.74) is 0. The SMILES string of the molecule is [Na+].[O-][B]O.[OH-].c1cc[nH+]cc1. The molecule has 0 saturated carbocycles. The molecule has 4 nitrogen and oxygen atoms in total. The summed E-state index contributed by atoms with van der Waals surface area (Å²) in [7, 11) is -0.250. The normalized spacial score (nSPS) is 5.64. The predicted molar refractivity (Wildman–Crippen MR) is 32.9 cm³/mol. The molecule has 0 fully saturated rings. The average molecular weight is 164 g/mol. The van der Waals surface area contributed by atoms with Gasteiger partial charge < -0.3 is 15.5 Å². The number of nitrogens with one attached hydrogen (secondary N) is 1. The first-order chi connectivity index (χ1) is 4.41. The standard InChI is InChI=1S/C5H5N.BHO2.Na.H2O/c1-2-4-6-5-3-1;2-1-3;;/h1-5H;2H;;1H2/q;-1;+1;. The van der Waals surface area contributed by atoms with Gasteiger partial charge in [-0.2, -0.15) is 0 Å². The Morgan fingerprint density at radius 3 is 1.64 bits per heavy atom. The van der Waals surface area contributed by atoms with Crippen LogP contribution in [0.4, 0.5) is 0 Å². The Labute approximate surface area is 88.2 Å². The van der Waals surface area contributed by atoms with E-state index in [1.54, 1.807) is 0 Å². The van der Waals surface area contributed by atoms with Gasteiger partial charge in [0.25, 0.3) is 0 Å². The van der Waals surface area contributed by atoms with Gasteiger partial charge in [-0.3, -0.25) is 0 Å². The molecular weight excluding hydrogens is 156 g/mol. The number of H-pyrrole nitrogens is 1. The molecule has 1 heterocycles. The third kappa shape index (κ3) is 17.8. The number of hydrogen-bond donors (Lipinski definition) is 1. The van der Waals surface area contributed by atoms with Crippen LogP contribution in [-0.4, -0.2) is 18.2 Å². The van der Waals surface area contributed by atoms with Gasteiger partial charge in [0, 0.05) is 12.1 Å². The van der Waals surface area contributed by atoms with Gasteiger partial charge >= 0.3 is 29.6 Å². The molecule has 11 heavy (non-hydrogen) atoms. The van der Waals surface area contributed by atoms with Gasteiger partial charge in [0.15, 0.2) is 20.1 Å². The van der Waals surface area contributed by atoms with Crippen LogP contribution < -0.4 is 39.6 Å². The summed E-state index contributed by atoms with van der Waals surface area (Å²) in [5, 5.41) is 15.2. The molecule has 0 saturated heterocycles. The van der Waals surface area contributed by atoms with Crippen molar-refractivity contribution in [2.75, 3.05) is 0 Å². The van der Waals surface area contributed by atoms with Crippen molar-refractivity contribution in [2.24, 2.45) is 0 Å². The Hall–Kier alpha value is 0.0949. The summed E-state index contributed by atoms with van der Waals surface area (Å²) in [6.07, 6.45) is 3.75. The van der Waals surface area contributed by atoms with Crippen LogP contribution >= 0.6 is 0 Å². The molecule has 0 aliphatic carbocycles. The van der Waals surface area contributed by atoms with E-state index in [0.29, 0.717) is 0 Å². The minimum Gasteiger partial charge on any atom is -0.870 e. The van der Waals surface area contributed by atoms with Crippen molar-refractivity contribution in [2.45, 2.75) is 0 Å². The van der Waals surface area contributed by atoms with Crippen LogP contribution in [0.1, 0.15) is 0 Å². The molecule has 0 aromatic carbocycles. The van der Waals surface area contributed by atoms with Crippen LogP contribution in [0.15, 0.2) is 30.6 Å². The molecule has 0 bridgehead atoms. The van der Waals surface area contributed by atoms with Crippen LogP contribution in [-0.2, 0) is 0 Å². The van der Waals surface area contributed by atoms with Gasteiger partial charge in [-0.1, -0.05) is 6.07 Å². The molecule has 0 aliphatic heterocycles. The molecule has 1 aromatic rings. The average Bonchev–Trinajstić information content (AvgIpc) is 1.93. The Morgan fingerprint density at radius 1 is 1.18 bits per heavy atom. The second-order valence-electron chi connectivity index (χ2n) is 1.18. The van der Waals surface area contributed by atoms with Crippen LogP contribution in [0, 0.1) is 0 Å². The van der Waals surface area contributed by atoms with Crippen LogP contribution in [0.25, 0.3) is 0 Å². The molecule has 0 aliphatic rings. The van der Waals surface area contributed by atoms with Crippen molar-refractivity contribution in [1.82, 2.24) is 0 Å². The van der Waals surface area contributed by atoms with Crippen LogP contribution in [0.5, 0.6) is 0 Å². The Bertz CT molecular complexity index is 105. The van der Waals surface area contributed by atoms with Crippen molar-refractivity contribution < 1.29 is 50.1 Å². The summed E-state index contributed by atoms with van der Waals surface area (Å²) in [6.45, 7) is 0. The summed E-state index contributed by atoms with van der Waals surface area (Å²) >= 11 is 0. The Morgan fingerprint density at radius 2 is 1.55 bits per heavy atom. The molecule has 3 N–H and O–H groups in total. The zero-order valence-electron chi connectivity index (χ0n) is 6.27. The van der Waals surface area contributed by atoms with Crippen molar-refractivity contribution >= 4 is 7.69 Å². The molecule has 0 unspecified atom stereocenters. The molecule has 6 heteroatoms. The quantitative estimate of drug-likeness (QED) is 0.390. The number of aromatic nitrogens is 1. The number of rotatable bonds is 0. The summed E-state index contributed by atoms with van der Waals surface area (Å²) < 4.78 is 0. The third-order valence-corrected chi connectivity index (χ3v) is 0.607. The summed E-state index contributed by atoms with van der Waals surface area (Å²) in [6, 6.07) is 5.86. The van der Waals surface area contributed by atoms with E-state index >= 15 is 0 Å². The van der Waals surface area contributed by atoms with E-state index in [-0.39, 0.29) is 42.7 Å². The minimum absolute atomic E-state index is 0. The third-order valence-electron chi connectivity index (χ3n) is 0.607. The second kappa shape index (κ2) is 16.6. The van der Waals surface area contributed by atoms with Crippen molar-refractivity contribution in [3.63, 3.8) is 0 Å². The monoisotopic (exact) mass is 164 g/mol. The molecule has 1 radical (unpaired) electrons. The Kier molecular flexibility index (Phi) is 26.0. The van der Waals surface area contributed by atoms with Crippen molar-refractivity contribution in [1.29, 1.82) is 0 Å². The van der Waals surface area contributed by atoms with E-state index in [0.717, 1.165) is 0 Å². The molecule has 0 spiro atoms. The zero-order valence-corrected chi connectivity index (χ0v) is 8.27. The van der Waals surface area contributed by atoms with Gasteiger partial charge in [0.05, 0.1) is 0 Å². The van der Waals surface area contributed by atoms with Gasteiger partial charge in [0.2, 0.25) is 0 Å². The maximum absolute atomic E-state index is 8.36. The van der Waals surface area contributed by atoms with Crippen molar-refractivity contribution in [3.8, 4) is 0 Å². The number of pyridine rings is 1. The first-order valence-electron chi connectivity index (χ1n) is 2.40.